The normalized spacial score (nSPS) is 11.2. The van der Waals surface area contributed by atoms with E-state index >= 15 is 0 Å². The summed E-state index contributed by atoms with van der Waals surface area (Å²) in [6, 6.07) is 4.80. The molecule has 0 saturated carbocycles. The second kappa shape index (κ2) is 3.93. The van der Waals surface area contributed by atoms with Gasteiger partial charge in [-0.2, -0.15) is 0 Å². The summed E-state index contributed by atoms with van der Waals surface area (Å²) in [7, 11) is 1.32. The number of phenolic OH excluding ortho intramolecular Hbond substituents is 1. The zero-order valence-corrected chi connectivity index (χ0v) is 9.50. The Labute approximate surface area is 89.7 Å². The number of hydrogen-bond donors (Lipinski definition) is 1. The Morgan fingerprint density at radius 3 is 2.33 bits per heavy atom. The molecule has 3 heteroatoms. The minimum absolute atomic E-state index is 0.0859. The Morgan fingerprint density at radius 2 is 1.87 bits per heavy atom. The van der Waals surface area contributed by atoms with Crippen LogP contribution in [0.2, 0.25) is 0 Å². The number of benzene rings is 1. The molecule has 0 aliphatic carbocycles. The predicted octanol–water partition coefficient (Wildman–Crippen LogP) is 2.48. The van der Waals surface area contributed by atoms with E-state index in [2.05, 4.69) is 4.74 Å². The molecule has 0 radical (unpaired) electrons. The van der Waals surface area contributed by atoms with Gasteiger partial charge >= 0.3 is 5.97 Å². The molecule has 0 spiro atoms. The number of carbonyl (C=O) groups excluding carboxylic acids is 1. The summed E-state index contributed by atoms with van der Waals surface area (Å²) in [5, 5.41) is 9.49. The summed E-state index contributed by atoms with van der Waals surface area (Å²) in [6.07, 6.45) is 0. The fourth-order valence-corrected chi connectivity index (χ4v) is 1.28. The maximum Gasteiger partial charge on any atom is 0.337 e. The third kappa shape index (κ3) is 2.72. The molecule has 1 N–H and O–H groups in total. The molecule has 0 aliphatic rings. The summed E-state index contributed by atoms with van der Waals surface area (Å²) in [5.74, 6) is -0.348. The Hall–Kier alpha value is -1.51. The van der Waals surface area contributed by atoms with Gasteiger partial charge in [-0.25, -0.2) is 4.79 Å². The van der Waals surface area contributed by atoms with Crippen LogP contribution in [0.25, 0.3) is 0 Å². The quantitative estimate of drug-likeness (QED) is 0.721. The summed E-state index contributed by atoms with van der Waals surface area (Å²) < 4.78 is 4.61. The Morgan fingerprint density at radius 1 is 1.27 bits per heavy atom. The molecule has 0 fully saturated rings. The SMILES string of the molecule is COC(=O)c1cc(O)cc(C(C)(C)C)c1. The van der Waals surface area contributed by atoms with Crippen molar-refractivity contribution in [3.05, 3.63) is 29.3 Å². The van der Waals surface area contributed by atoms with Crippen LogP contribution < -0.4 is 0 Å². The molecule has 0 amide bonds. The largest absolute Gasteiger partial charge is 0.508 e. The maximum atomic E-state index is 11.3. The number of esters is 1. The average molecular weight is 208 g/mol. The summed E-state index contributed by atoms with van der Waals surface area (Å²) in [6.45, 7) is 6.05. The van der Waals surface area contributed by atoms with Gasteiger partial charge in [0.1, 0.15) is 5.75 Å². The molecular weight excluding hydrogens is 192 g/mol. The zero-order chi connectivity index (χ0) is 11.6. The number of phenols is 1. The van der Waals surface area contributed by atoms with Crippen molar-refractivity contribution in [2.75, 3.05) is 7.11 Å². The van der Waals surface area contributed by atoms with Crippen molar-refractivity contribution < 1.29 is 14.6 Å². The zero-order valence-electron chi connectivity index (χ0n) is 9.50. The second-order valence-corrected chi connectivity index (χ2v) is 4.51. The molecule has 0 aliphatic heterocycles. The lowest BCUT2D eigenvalue weighted by Gasteiger charge is -2.19. The van der Waals surface area contributed by atoms with Crippen molar-refractivity contribution in [2.24, 2.45) is 0 Å². The Bertz CT molecular complexity index is 375. The third-order valence-corrected chi connectivity index (χ3v) is 2.20. The van der Waals surface area contributed by atoms with Crippen molar-refractivity contribution in [3.8, 4) is 5.75 Å². The summed E-state index contributed by atoms with van der Waals surface area (Å²) >= 11 is 0. The highest BCUT2D eigenvalue weighted by atomic mass is 16.5. The lowest BCUT2D eigenvalue weighted by molar-refractivity contribution is 0.0600. The Balaban J connectivity index is 3.23. The van der Waals surface area contributed by atoms with Crippen LogP contribution in [-0.2, 0) is 10.2 Å². The van der Waals surface area contributed by atoms with Crippen molar-refractivity contribution in [2.45, 2.75) is 26.2 Å². The van der Waals surface area contributed by atoms with Crippen LogP contribution in [0.1, 0.15) is 36.7 Å². The fraction of sp³-hybridized carbons (Fsp3) is 0.417. The molecular formula is C12H16O3. The van der Waals surface area contributed by atoms with Gasteiger partial charge in [-0.05, 0) is 29.2 Å². The molecule has 3 nitrogen and oxygen atoms in total. The molecule has 0 saturated heterocycles. The Kier molecular flexibility index (Phi) is 3.03. The molecule has 0 bridgehead atoms. The van der Waals surface area contributed by atoms with Crippen LogP contribution in [-0.4, -0.2) is 18.2 Å². The second-order valence-electron chi connectivity index (χ2n) is 4.51. The highest BCUT2D eigenvalue weighted by Gasteiger charge is 2.17. The molecule has 1 rings (SSSR count). The number of carbonyl (C=O) groups is 1. The molecule has 1 aromatic carbocycles. The molecule has 0 unspecified atom stereocenters. The van der Waals surface area contributed by atoms with E-state index in [0.717, 1.165) is 5.56 Å². The maximum absolute atomic E-state index is 11.3. The van der Waals surface area contributed by atoms with E-state index in [1.807, 2.05) is 20.8 Å². The lowest BCUT2D eigenvalue weighted by atomic mass is 9.86. The predicted molar refractivity (Wildman–Crippen MR) is 58.1 cm³/mol. The van der Waals surface area contributed by atoms with Crippen LogP contribution in [0.3, 0.4) is 0 Å². The molecule has 1 aromatic rings. The molecule has 0 aromatic heterocycles. The van der Waals surface area contributed by atoms with Gasteiger partial charge in [0.15, 0.2) is 0 Å². The van der Waals surface area contributed by atoms with E-state index in [0.29, 0.717) is 5.56 Å². The van der Waals surface area contributed by atoms with E-state index in [4.69, 9.17) is 0 Å². The minimum Gasteiger partial charge on any atom is -0.508 e. The monoisotopic (exact) mass is 208 g/mol. The van der Waals surface area contributed by atoms with Crippen LogP contribution in [0.15, 0.2) is 18.2 Å². The van der Waals surface area contributed by atoms with Crippen LogP contribution in [0.5, 0.6) is 5.75 Å². The first-order valence-corrected chi connectivity index (χ1v) is 4.77. The van der Waals surface area contributed by atoms with Crippen molar-refractivity contribution in [3.63, 3.8) is 0 Å². The molecule has 0 heterocycles. The average Bonchev–Trinajstić information content (AvgIpc) is 2.14. The third-order valence-electron chi connectivity index (χ3n) is 2.20. The molecule has 15 heavy (non-hydrogen) atoms. The van der Waals surface area contributed by atoms with Gasteiger partial charge in [0.05, 0.1) is 12.7 Å². The van der Waals surface area contributed by atoms with E-state index in [9.17, 15) is 9.90 Å². The summed E-state index contributed by atoms with van der Waals surface area (Å²) in [4.78, 5) is 11.3. The highest BCUT2D eigenvalue weighted by Crippen LogP contribution is 2.27. The van der Waals surface area contributed by atoms with Crippen LogP contribution in [0.4, 0.5) is 0 Å². The van der Waals surface area contributed by atoms with Crippen LogP contribution in [0, 0.1) is 0 Å². The van der Waals surface area contributed by atoms with E-state index in [1.165, 1.54) is 13.2 Å². The number of hydrogen-bond acceptors (Lipinski definition) is 3. The highest BCUT2D eigenvalue weighted by molar-refractivity contribution is 5.90. The first-order valence-electron chi connectivity index (χ1n) is 4.77. The smallest absolute Gasteiger partial charge is 0.337 e. The first kappa shape index (κ1) is 11.6. The first-order chi connectivity index (χ1) is 6.84. The number of rotatable bonds is 1. The van der Waals surface area contributed by atoms with Gasteiger partial charge < -0.3 is 9.84 Å². The standard InChI is InChI=1S/C12H16O3/c1-12(2,3)9-5-8(11(14)15-4)6-10(13)7-9/h5-7,13H,1-4H3. The van der Waals surface area contributed by atoms with Gasteiger partial charge in [-0.15, -0.1) is 0 Å². The van der Waals surface area contributed by atoms with Gasteiger partial charge in [-0.3, -0.25) is 0 Å². The molecule has 82 valence electrons. The number of aromatic hydroxyl groups is 1. The number of ether oxygens (including phenoxy) is 1. The minimum atomic E-state index is -0.434. The van der Waals surface area contributed by atoms with Gasteiger partial charge in [0.25, 0.3) is 0 Å². The van der Waals surface area contributed by atoms with Crippen molar-refractivity contribution in [1.29, 1.82) is 0 Å². The topological polar surface area (TPSA) is 46.5 Å². The van der Waals surface area contributed by atoms with E-state index < -0.39 is 5.97 Å². The van der Waals surface area contributed by atoms with Gasteiger partial charge in [-0.1, -0.05) is 20.8 Å². The molecule has 0 atom stereocenters. The van der Waals surface area contributed by atoms with E-state index in [-0.39, 0.29) is 11.2 Å². The fourth-order valence-electron chi connectivity index (χ4n) is 1.28. The van der Waals surface area contributed by atoms with Crippen molar-refractivity contribution >= 4 is 5.97 Å². The van der Waals surface area contributed by atoms with Crippen LogP contribution >= 0.6 is 0 Å². The lowest BCUT2D eigenvalue weighted by Crippen LogP contribution is -2.12. The summed E-state index contributed by atoms with van der Waals surface area (Å²) in [5.41, 5.74) is 1.17. The van der Waals surface area contributed by atoms with Gasteiger partial charge in [0.2, 0.25) is 0 Å². The number of methoxy groups -OCH3 is 1. The van der Waals surface area contributed by atoms with Gasteiger partial charge in [0, 0.05) is 0 Å². The van der Waals surface area contributed by atoms with Crippen molar-refractivity contribution in [1.82, 2.24) is 0 Å². The van der Waals surface area contributed by atoms with E-state index in [1.54, 1.807) is 12.1 Å².